The molecule has 2 heterocycles. The number of nitrogen functional groups attached to an aromatic ring is 1. The van der Waals surface area contributed by atoms with Crippen LogP contribution in [0.1, 0.15) is 74.8 Å². The molecule has 0 amide bonds. The van der Waals surface area contributed by atoms with Crippen LogP contribution in [0, 0.1) is 10.1 Å². The van der Waals surface area contributed by atoms with Gasteiger partial charge in [0.1, 0.15) is 0 Å². The van der Waals surface area contributed by atoms with E-state index < -0.39 is 0 Å². The van der Waals surface area contributed by atoms with Crippen LogP contribution in [0.5, 0.6) is 0 Å². The maximum Gasteiger partial charge on any atom is 0.270 e. The molecule has 0 bridgehead atoms. The van der Waals surface area contributed by atoms with E-state index in [1.54, 1.807) is 12.1 Å². The van der Waals surface area contributed by atoms with E-state index in [4.69, 9.17) is 5.73 Å². The number of nitro groups is 1. The van der Waals surface area contributed by atoms with Crippen LogP contribution in [0.2, 0.25) is 0 Å². The van der Waals surface area contributed by atoms with E-state index in [2.05, 4.69) is 42.1 Å². The Morgan fingerprint density at radius 3 is 2.25 bits per heavy atom. The lowest BCUT2D eigenvalue weighted by molar-refractivity contribution is -0.384. The van der Waals surface area contributed by atoms with Gasteiger partial charge < -0.3 is 14.9 Å². The lowest BCUT2D eigenvalue weighted by Gasteiger charge is -2.23. The summed E-state index contributed by atoms with van der Waals surface area (Å²) >= 11 is 0. The predicted octanol–water partition coefficient (Wildman–Crippen LogP) is 7.85. The van der Waals surface area contributed by atoms with Crippen LogP contribution in [-0.2, 0) is 14.1 Å². The van der Waals surface area contributed by atoms with Gasteiger partial charge in [0.15, 0.2) is 0 Å². The van der Waals surface area contributed by atoms with E-state index in [1.807, 2.05) is 23.9 Å². The fourth-order valence-electron chi connectivity index (χ4n) is 6.09. The summed E-state index contributed by atoms with van der Waals surface area (Å²) in [5, 5.41) is 13.3. The van der Waals surface area contributed by atoms with Gasteiger partial charge in [-0.05, 0) is 79.8 Å². The van der Waals surface area contributed by atoms with Crippen molar-refractivity contribution in [3.05, 3.63) is 76.1 Å². The lowest BCUT2D eigenvalue weighted by Crippen LogP contribution is -2.07. The molecule has 2 aliphatic rings. The van der Waals surface area contributed by atoms with Crippen molar-refractivity contribution in [1.29, 1.82) is 0 Å². The highest BCUT2D eigenvalue weighted by Crippen LogP contribution is 2.38. The van der Waals surface area contributed by atoms with Crippen molar-refractivity contribution >= 4 is 38.8 Å². The smallest absolute Gasteiger partial charge is 0.270 e. The van der Waals surface area contributed by atoms with Gasteiger partial charge in [0, 0.05) is 60.6 Å². The zero-order valence-electron chi connectivity index (χ0n) is 21.4. The Balaban J connectivity index is 0.000000149. The van der Waals surface area contributed by atoms with Crippen LogP contribution < -0.4 is 5.73 Å². The van der Waals surface area contributed by atoms with Crippen LogP contribution in [0.15, 0.2) is 54.9 Å². The largest absolute Gasteiger partial charge is 0.399 e. The second-order valence-electron chi connectivity index (χ2n) is 10.4. The molecule has 2 aromatic carbocycles. The molecule has 1 saturated carbocycles. The first-order chi connectivity index (χ1) is 17.4. The summed E-state index contributed by atoms with van der Waals surface area (Å²) in [7, 11) is 4.12. The number of hydrogen-bond acceptors (Lipinski definition) is 3. The minimum absolute atomic E-state index is 0.181. The van der Waals surface area contributed by atoms with Gasteiger partial charge in [-0.2, -0.15) is 0 Å². The van der Waals surface area contributed by atoms with Crippen molar-refractivity contribution in [2.24, 2.45) is 14.1 Å². The normalized spacial score (nSPS) is 16.6. The summed E-state index contributed by atoms with van der Waals surface area (Å²) in [6, 6.07) is 11.8. The van der Waals surface area contributed by atoms with E-state index in [-0.39, 0.29) is 10.6 Å². The number of rotatable bonds is 3. The molecule has 0 saturated heterocycles. The lowest BCUT2D eigenvalue weighted by atomic mass is 9.83. The molecule has 0 unspecified atom stereocenters. The van der Waals surface area contributed by atoms with Crippen LogP contribution in [0.25, 0.3) is 27.4 Å². The Bertz CT molecular complexity index is 1440. The second-order valence-corrected chi connectivity index (χ2v) is 10.4. The summed E-state index contributed by atoms with van der Waals surface area (Å²) in [5.41, 5.74) is 13.3. The first-order valence-corrected chi connectivity index (χ1v) is 13.2. The van der Waals surface area contributed by atoms with Crippen molar-refractivity contribution in [3.63, 3.8) is 0 Å². The van der Waals surface area contributed by atoms with E-state index in [0.29, 0.717) is 5.92 Å². The molecule has 0 radical (unpaired) electrons. The topological polar surface area (TPSA) is 79.0 Å². The van der Waals surface area contributed by atoms with Gasteiger partial charge >= 0.3 is 0 Å². The third kappa shape index (κ3) is 4.77. The number of aromatic nitrogens is 2. The summed E-state index contributed by atoms with van der Waals surface area (Å²) < 4.78 is 4.28. The standard InChI is InChI=1S/C15H16N2O2.C15H20N2/c1-16-8-7-12-9-13(17(18)19)10-14(15(12)16)11-5-3-2-4-6-11;1-17-8-7-12-9-13(16)10-14(15(12)17)11-5-3-2-4-6-11/h5,7-10H,2-4,6H2,1H3;7-11H,2-6,16H2,1H3. The number of nitrogens with zero attached hydrogens (tertiary/aromatic N) is 3. The molecule has 0 atom stereocenters. The van der Waals surface area contributed by atoms with Crippen molar-refractivity contribution in [2.45, 2.75) is 63.7 Å². The second kappa shape index (κ2) is 10.2. The monoisotopic (exact) mass is 484 g/mol. The number of benzene rings is 2. The van der Waals surface area contributed by atoms with E-state index in [9.17, 15) is 10.1 Å². The number of nitrogens with two attached hydrogens (primary N) is 1. The highest BCUT2D eigenvalue weighted by molar-refractivity contribution is 5.94. The fraction of sp³-hybridized carbons (Fsp3) is 0.400. The van der Waals surface area contributed by atoms with Crippen LogP contribution >= 0.6 is 0 Å². The van der Waals surface area contributed by atoms with E-state index in [1.165, 1.54) is 67.0 Å². The van der Waals surface area contributed by atoms with Crippen molar-refractivity contribution in [2.75, 3.05) is 5.73 Å². The van der Waals surface area contributed by atoms with Crippen LogP contribution in [0.3, 0.4) is 0 Å². The van der Waals surface area contributed by atoms with Crippen molar-refractivity contribution in [1.82, 2.24) is 9.13 Å². The van der Waals surface area contributed by atoms with Crippen molar-refractivity contribution < 1.29 is 4.92 Å². The Kier molecular flexibility index (Phi) is 6.86. The van der Waals surface area contributed by atoms with Crippen LogP contribution in [0.4, 0.5) is 11.4 Å². The predicted molar refractivity (Wildman–Crippen MR) is 149 cm³/mol. The molecular formula is C30H36N4O2. The van der Waals surface area contributed by atoms with Gasteiger partial charge in [-0.3, -0.25) is 10.1 Å². The zero-order valence-corrected chi connectivity index (χ0v) is 21.4. The average molecular weight is 485 g/mol. The number of non-ortho nitro benzene ring substituents is 1. The molecule has 2 aromatic heterocycles. The number of fused-ring (bicyclic) bond motifs is 2. The summed E-state index contributed by atoms with van der Waals surface area (Å²) in [4.78, 5) is 10.8. The number of anilines is 1. The molecule has 1 fully saturated rings. The maximum absolute atomic E-state index is 11.1. The molecule has 36 heavy (non-hydrogen) atoms. The number of nitro benzene ring substituents is 1. The van der Waals surface area contributed by atoms with E-state index >= 15 is 0 Å². The first kappa shape index (κ1) is 24.2. The Hall–Kier alpha value is -3.54. The third-order valence-corrected chi connectivity index (χ3v) is 7.87. The molecule has 2 N–H and O–H groups in total. The minimum Gasteiger partial charge on any atom is -0.399 e. The molecule has 6 heteroatoms. The highest BCUT2D eigenvalue weighted by atomic mass is 16.6. The van der Waals surface area contributed by atoms with Gasteiger partial charge in [-0.15, -0.1) is 0 Å². The van der Waals surface area contributed by atoms with Gasteiger partial charge in [0.05, 0.1) is 16.0 Å². The SMILES string of the molecule is Cn1ccc2cc(N)cc(C3CCCCC3)c21.Cn1ccc2cc([N+](=O)[O-])cc(C3=CCCCC3)c21. The Morgan fingerprint density at radius 2 is 1.58 bits per heavy atom. The quantitative estimate of drug-likeness (QED) is 0.183. The summed E-state index contributed by atoms with van der Waals surface area (Å²) in [6.07, 6.45) is 17.6. The average Bonchev–Trinajstić information content (AvgIpc) is 3.46. The molecule has 6 nitrogen and oxygen atoms in total. The molecule has 0 spiro atoms. The molecule has 188 valence electrons. The number of aryl methyl sites for hydroxylation is 2. The third-order valence-electron chi connectivity index (χ3n) is 7.87. The zero-order chi connectivity index (χ0) is 25.2. The minimum atomic E-state index is -0.306. The van der Waals surface area contributed by atoms with Gasteiger partial charge in [0.2, 0.25) is 0 Å². The summed E-state index contributed by atoms with van der Waals surface area (Å²) in [6.45, 7) is 0. The van der Waals surface area contributed by atoms with Gasteiger partial charge in [-0.25, -0.2) is 0 Å². The molecule has 6 rings (SSSR count). The molecule has 0 aliphatic heterocycles. The molecular weight excluding hydrogens is 448 g/mol. The maximum atomic E-state index is 11.1. The number of allylic oxidation sites excluding steroid dienone is 2. The van der Waals surface area contributed by atoms with E-state index in [0.717, 1.165) is 35.0 Å². The number of hydrogen-bond donors (Lipinski definition) is 1. The Labute approximate surface area is 212 Å². The highest BCUT2D eigenvalue weighted by Gasteiger charge is 2.20. The van der Waals surface area contributed by atoms with Crippen LogP contribution in [-0.4, -0.2) is 14.1 Å². The fourth-order valence-corrected chi connectivity index (χ4v) is 6.09. The first-order valence-electron chi connectivity index (χ1n) is 13.2. The molecule has 4 aromatic rings. The van der Waals surface area contributed by atoms with Gasteiger partial charge in [0.25, 0.3) is 5.69 Å². The Morgan fingerprint density at radius 1 is 0.889 bits per heavy atom. The molecule has 2 aliphatic carbocycles. The van der Waals surface area contributed by atoms with Gasteiger partial charge in [-0.1, -0.05) is 25.3 Å². The van der Waals surface area contributed by atoms with Crippen molar-refractivity contribution in [3.8, 4) is 0 Å². The summed E-state index contributed by atoms with van der Waals surface area (Å²) in [5.74, 6) is 0.711.